The molecule has 0 aliphatic heterocycles. The van der Waals surface area contributed by atoms with Gasteiger partial charge in [-0.05, 0) is 38.7 Å². The largest absolute Gasteiger partial charge is 0.444 e. The van der Waals surface area contributed by atoms with Gasteiger partial charge in [-0.2, -0.15) is 0 Å². The van der Waals surface area contributed by atoms with Crippen molar-refractivity contribution >= 4 is 12.0 Å². The van der Waals surface area contributed by atoms with E-state index in [2.05, 4.69) is 17.2 Å². The molecule has 0 saturated carbocycles. The molecular formula is C20H30N2O3. The summed E-state index contributed by atoms with van der Waals surface area (Å²) >= 11 is 0. The summed E-state index contributed by atoms with van der Waals surface area (Å²) in [4.78, 5) is 24.6. The van der Waals surface area contributed by atoms with Crippen molar-refractivity contribution in [3.05, 3.63) is 48.6 Å². The number of hydrogen-bond acceptors (Lipinski definition) is 3. The Labute approximate surface area is 150 Å². The van der Waals surface area contributed by atoms with E-state index in [1.807, 2.05) is 44.2 Å². The molecule has 0 radical (unpaired) electrons. The van der Waals surface area contributed by atoms with Crippen molar-refractivity contribution in [1.29, 1.82) is 0 Å². The van der Waals surface area contributed by atoms with E-state index in [9.17, 15) is 9.59 Å². The maximum atomic E-state index is 12.6. The molecule has 0 fully saturated rings. The van der Waals surface area contributed by atoms with Crippen LogP contribution >= 0.6 is 0 Å². The lowest BCUT2D eigenvalue weighted by Crippen LogP contribution is -2.53. The average molecular weight is 346 g/mol. The van der Waals surface area contributed by atoms with E-state index < -0.39 is 17.7 Å². The SMILES string of the molecule is C=C[C@H](Cc1ccccc1)NC(=O)[C@@H](NC(=O)OC(C)(C)C)C(C)C. The summed E-state index contributed by atoms with van der Waals surface area (Å²) in [5.41, 5.74) is 0.493. The third kappa shape index (κ3) is 7.88. The summed E-state index contributed by atoms with van der Waals surface area (Å²) in [5.74, 6) is -0.323. The Hall–Kier alpha value is -2.30. The van der Waals surface area contributed by atoms with Crippen LogP contribution in [-0.4, -0.2) is 29.7 Å². The highest BCUT2D eigenvalue weighted by molar-refractivity contribution is 5.86. The first kappa shape index (κ1) is 20.7. The number of carbonyl (C=O) groups excluding carboxylic acids is 2. The van der Waals surface area contributed by atoms with Gasteiger partial charge in [0.2, 0.25) is 5.91 Å². The molecule has 0 unspecified atom stereocenters. The molecule has 0 saturated heterocycles. The van der Waals surface area contributed by atoms with Crippen molar-refractivity contribution in [2.24, 2.45) is 5.92 Å². The summed E-state index contributed by atoms with van der Waals surface area (Å²) in [5, 5.41) is 5.60. The van der Waals surface area contributed by atoms with Gasteiger partial charge in [0.15, 0.2) is 0 Å². The lowest BCUT2D eigenvalue weighted by molar-refractivity contribution is -0.124. The fourth-order valence-corrected chi connectivity index (χ4v) is 2.30. The quantitative estimate of drug-likeness (QED) is 0.743. The van der Waals surface area contributed by atoms with Crippen LogP contribution in [0, 0.1) is 5.92 Å². The van der Waals surface area contributed by atoms with Crippen molar-refractivity contribution in [2.45, 2.75) is 58.7 Å². The van der Waals surface area contributed by atoms with Crippen LogP contribution in [0.25, 0.3) is 0 Å². The van der Waals surface area contributed by atoms with Gasteiger partial charge in [0, 0.05) is 0 Å². The highest BCUT2D eigenvalue weighted by atomic mass is 16.6. The van der Waals surface area contributed by atoms with Crippen molar-refractivity contribution in [1.82, 2.24) is 10.6 Å². The topological polar surface area (TPSA) is 67.4 Å². The summed E-state index contributed by atoms with van der Waals surface area (Å²) in [7, 11) is 0. The molecule has 0 aliphatic carbocycles. The Morgan fingerprint density at radius 1 is 1.16 bits per heavy atom. The zero-order valence-corrected chi connectivity index (χ0v) is 15.8. The van der Waals surface area contributed by atoms with Gasteiger partial charge in [0.25, 0.3) is 0 Å². The van der Waals surface area contributed by atoms with Crippen molar-refractivity contribution < 1.29 is 14.3 Å². The van der Waals surface area contributed by atoms with Gasteiger partial charge in [0.05, 0.1) is 6.04 Å². The molecule has 1 aromatic carbocycles. The first-order valence-corrected chi connectivity index (χ1v) is 8.58. The van der Waals surface area contributed by atoms with Gasteiger partial charge in [0.1, 0.15) is 11.6 Å². The molecule has 0 bridgehead atoms. The third-order valence-corrected chi connectivity index (χ3v) is 3.53. The van der Waals surface area contributed by atoms with E-state index in [0.29, 0.717) is 6.42 Å². The standard InChI is InChI=1S/C20H30N2O3/c1-7-16(13-15-11-9-8-10-12-15)21-18(23)17(14(2)3)22-19(24)25-20(4,5)6/h7-12,14,16-17H,1,13H2,2-6H3,(H,21,23)(H,22,24)/t16-,17+/m1/s1. The second-order valence-corrected chi connectivity index (χ2v) is 7.41. The molecule has 2 amide bonds. The molecule has 0 aliphatic rings. The minimum absolute atomic E-state index is 0.0743. The fourth-order valence-electron chi connectivity index (χ4n) is 2.30. The smallest absolute Gasteiger partial charge is 0.408 e. The van der Waals surface area contributed by atoms with Crippen molar-refractivity contribution in [2.75, 3.05) is 0 Å². The first-order chi connectivity index (χ1) is 11.6. The van der Waals surface area contributed by atoms with Crippen molar-refractivity contribution in [3.63, 3.8) is 0 Å². The van der Waals surface area contributed by atoms with Crippen molar-refractivity contribution in [3.8, 4) is 0 Å². The van der Waals surface area contributed by atoms with Gasteiger partial charge in [-0.3, -0.25) is 4.79 Å². The summed E-state index contributed by atoms with van der Waals surface area (Å²) in [6.07, 6.45) is 1.75. The minimum Gasteiger partial charge on any atom is -0.444 e. The zero-order valence-electron chi connectivity index (χ0n) is 15.8. The third-order valence-electron chi connectivity index (χ3n) is 3.53. The molecule has 0 heterocycles. The average Bonchev–Trinajstić information content (AvgIpc) is 2.50. The number of hydrogen-bond donors (Lipinski definition) is 2. The summed E-state index contributed by atoms with van der Waals surface area (Å²) in [6, 6.07) is 8.98. The highest BCUT2D eigenvalue weighted by Gasteiger charge is 2.27. The summed E-state index contributed by atoms with van der Waals surface area (Å²) < 4.78 is 5.25. The van der Waals surface area contributed by atoms with Gasteiger partial charge in [-0.1, -0.05) is 50.3 Å². The second-order valence-electron chi connectivity index (χ2n) is 7.41. The van der Waals surface area contributed by atoms with Crippen LogP contribution in [0.2, 0.25) is 0 Å². The second kappa shape index (κ2) is 9.25. The molecular weight excluding hydrogens is 316 g/mol. The molecule has 2 atom stereocenters. The molecule has 1 aromatic rings. The minimum atomic E-state index is -0.673. The predicted molar refractivity (Wildman–Crippen MR) is 100 cm³/mol. The molecule has 5 heteroatoms. The van der Waals surface area contributed by atoms with E-state index >= 15 is 0 Å². The van der Waals surface area contributed by atoms with Gasteiger partial charge >= 0.3 is 6.09 Å². The van der Waals surface area contributed by atoms with Crippen LogP contribution in [0.3, 0.4) is 0 Å². The van der Waals surface area contributed by atoms with Crippen LogP contribution in [0.4, 0.5) is 4.79 Å². The number of amides is 2. The number of carbonyl (C=O) groups is 2. The molecule has 1 rings (SSSR count). The normalized spacial score (nSPS) is 13.7. The van der Waals surface area contributed by atoms with Gasteiger partial charge in [-0.15, -0.1) is 6.58 Å². The number of ether oxygens (including phenoxy) is 1. The molecule has 138 valence electrons. The maximum absolute atomic E-state index is 12.6. The number of nitrogens with one attached hydrogen (secondary N) is 2. The Bertz CT molecular complexity index is 576. The Balaban J connectivity index is 2.71. The fraction of sp³-hybridized carbons (Fsp3) is 0.500. The summed E-state index contributed by atoms with van der Waals surface area (Å²) in [6.45, 7) is 12.9. The molecule has 0 spiro atoms. The molecule has 25 heavy (non-hydrogen) atoms. The maximum Gasteiger partial charge on any atom is 0.408 e. The van der Waals surface area contributed by atoms with E-state index in [0.717, 1.165) is 5.56 Å². The molecule has 0 aromatic heterocycles. The van der Waals surface area contributed by atoms with Crippen LogP contribution < -0.4 is 10.6 Å². The van der Waals surface area contributed by atoms with Crippen LogP contribution in [-0.2, 0) is 16.0 Å². The van der Waals surface area contributed by atoms with Crippen LogP contribution in [0.1, 0.15) is 40.2 Å². The Kier molecular flexibility index (Phi) is 7.68. The Morgan fingerprint density at radius 3 is 2.24 bits per heavy atom. The molecule has 5 nitrogen and oxygen atoms in total. The van der Waals surface area contributed by atoms with Crippen LogP contribution in [0.5, 0.6) is 0 Å². The lowest BCUT2D eigenvalue weighted by atomic mass is 10.0. The monoisotopic (exact) mass is 346 g/mol. The predicted octanol–water partition coefficient (Wildman–Crippen LogP) is 3.45. The lowest BCUT2D eigenvalue weighted by Gasteiger charge is -2.26. The number of benzene rings is 1. The van der Waals surface area contributed by atoms with E-state index in [1.165, 1.54) is 0 Å². The number of alkyl carbamates (subject to hydrolysis) is 1. The van der Waals surface area contributed by atoms with E-state index in [-0.39, 0.29) is 17.9 Å². The van der Waals surface area contributed by atoms with E-state index in [4.69, 9.17) is 4.74 Å². The highest BCUT2D eigenvalue weighted by Crippen LogP contribution is 2.10. The first-order valence-electron chi connectivity index (χ1n) is 8.58. The van der Waals surface area contributed by atoms with Gasteiger partial charge in [-0.25, -0.2) is 4.79 Å². The molecule has 2 N–H and O–H groups in total. The number of rotatable bonds is 7. The van der Waals surface area contributed by atoms with Crippen LogP contribution in [0.15, 0.2) is 43.0 Å². The van der Waals surface area contributed by atoms with E-state index in [1.54, 1.807) is 26.8 Å². The Morgan fingerprint density at radius 2 is 1.76 bits per heavy atom. The zero-order chi connectivity index (χ0) is 19.0. The van der Waals surface area contributed by atoms with Gasteiger partial charge < -0.3 is 15.4 Å².